The molecule has 0 aliphatic rings. The van der Waals surface area contributed by atoms with E-state index in [1.54, 1.807) is 66.0 Å². The molecule has 3 nitrogen and oxygen atoms in total. The Kier molecular flexibility index (Phi) is 7.78. The Morgan fingerprint density at radius 1 is 1.04 bits per heavy atom. The highest BCUT2D eigenvalue weighted by Gasteiger charge is 2.13. The molecule has 1 N–H and O–H groups in total. The molecule has 0 spiro atoms. The van der Waals surface area contributed by atoms with Crippen LogP contribution in [0.3, 0.4) is 0 Å². The Morgan fingerprint density at radius 2 is 1.67 bits per heavy atom. The van der Waals surface area contributed by atoms with Gasteiger partial charge >= 0.3 is 0 Å². The van der Waals surface area contributed by atoms with Crippen LogP contribution in [0, 0.1) is 0 Å². The van der Waals surface area contributed by atoms with Crippen LogP contribution in [0.15, 0.2) is 52.3 Å². The number of hydrogen-bond acceptors (Lipinski definition) is 4. The van der Waals surface area contributed by atoms with E-state index >= 15 is 0 Å². The smallest absolute Gasteiger partial charge is 0.210 e. The summed E-state index contributed by atoms with van der Waals surface area (Å²) in [6.45, 7) is 0.347. The molecule has 0 saturated heterocycles. The van der Waals surface area contributed by atoms with Gasteiger partial charge in [0.2, 0.25) is 10.0 Å². The van der Waals surface area contributed by atoms with Crippen molar-refractivity contribution in [1.82, 2.24) is 4.72 Å². The lowest BCUT2D eigenvalue weighted by molar-refractivity contribution is 0.584. The van der Waals surface area contributed by atoms with Crippen molar-refractivity contribution < 1.29 is 8.42 Å². The van der Waals surface area contributed by atoms with Gasteiger partial charge in [-0.3, -0.25) is 0 Å². The van der Waals surface area contributed by atoms with Crippen LogP contribution >= 0.6 is 46.7 Å². The van der Waals surface area contributed by atoms with Crippen molar-refractivity contribution in [3.8, 4) is 0 Å². The summed E-state index contributed by atoms with van der Waals surface area (Å²) in [6, 6.07) is 12.2. The fourth-order valence-corrected chi connectivity index (χ4v) is 5.10. The van der Waals surface area contributed by atoms with Crippen molar-refractivity contribution >= 4 is 56.7 Å². The minimum absolute atomic E-state index is 0.277. The topological polar surface area (TPSA) is 46.2 Å². The zero-order valence-electron chi connectivity index (χ0n) is 13.0. The average molecular weight is 422 g/mol. The van der Waals surface area contributed by atoms with Crippen LogP contribution in [0.1, 0.15) is 5.56 Å². The number of nitrogens with one attached hydrogen (secondary N) is 1. The Hall–Kier alpha value is -0.370. The van der Waals surface area contributed by atoms with Gasteiger partial charge in [0.1, 0.15) is 0 Å². The summed E-state index contributed by atoms with van der Waals surface area (Å²) in [5.74, 6) is 1.27. The van der Waals surface area contributed by atoms with Gasteiger partial charge in [-0.05, 0) is 48.2 Å². The van der Waals surface area contributed by atoms with E-state index in [4.69, 9.17) is 23.2 Å². The van der Waals surface area contributed by atoms with Gasteiger partial charge in [0.15, 0.2) is 0 Å². The zero-order chi connectivity index (χ0) is 17.6. The molecule has 24 heavy (non-hydrogen) atoms. The fraction of sp³-hybridized carbons (Fsp3) is 0.250. The minimum Gasteiger partial charge on any atom is -0.210 e. The first-order chi connectivity index (χ1) is 11.4. The average Bonchev–Trinajstić information content (AvgIpc) is 2.57. The summed E-state index contributed by atoms with van der Waals surface area (Å²) in [5, 5.41) is 1.26. The van der Waals surface area contributed by atoms with Gasteiger partial charge in [-0.2, -0.15) is 11.8 Å². The Labute approximate surface area is 161 Å². The van der Waals surface area contributed by atoms with E-state index in [1.807, 2.05) is 6.26 Å². The zero-order valence-corrected chi connectivity index (χ0v) is 16.9. The maximum Gasteiger partial charge on any atom is 0.240 e. The molecule has 2 aromatic carbocycles. The third-order valence-corrected chi connectivity index (χ3v) is 7.13. The predicted molar refractivity (Wildman–Crippen MR) is 106 cm³/mol. The first-order valence-corrected chi connectivity index (χ1v) is 11.7. The van der Waals surface area contributed by atoms with Crippen LogP contribution in [0.5, 0.6) is 0 Å². The quantitative estimate of drug-likeness (QED) is 0.484. The molecule has 0 bridgehead atoms. The van der Waals surface area contributed by atoms with Crippen LogP contribution < -0.4 is 4.72 Å². The molecule has 0 radical (unpaired) electrons. The number of thioether (sulfide) groups is 2. The van der Waals surface area contributed by atoms with E-state index in [0.717, 1.165) is 10.5 Å². The van der Waals surface area contributed by atoms with Gasteiger partial charge in [0.05, 0.1) is 4.90 Å². The number of rotatable bonds is 8. The van der Waals surface area contributed by atoms with Gasteiger partial charge in [0.25, 0.3) is 0 Å². The molecule has 0 amide bonds. The maximum absolute atomic E-state index is 12.2. The van der Waals surface area contributed by atoms with Crippen molar-refractivity contribution in [2.45, 2.75) is 15.5 Å². The van der Waals surface area contributed by atoms with E-state index in [9.17, 15) is 8.42 Å². The lowest BCUT2D eigenvalue weighted by Crippen LogP contribution is -2.26. The Balaban J connectivity index is 1.82. The van der Waals surface area contributed by atoms with Crippen LogP contribution in [-0.2, 0) is 15.8 Å². The van der Waals surface area contributed by atoms with Crippen molar-refractivity contribution in [3.63, 3.8) is 0 Å². The largest absolute Gasteiger partial charge is 0.240 e. The fourth-order valence-electron chi connectivity index (χ4n) is 1.93. The molecule has 0 atom stereocenters. The predicted octanol–water partition coefficient (Wildman–Crippen LogP) is 4.93. The lowest BCUT2D eigenvalue weighted by Gasteiger charge is -2.09. The van der Waals surface area contributed by atoms with E-state index in [0.29, 0.717) is 28.1 Å². The second kappa shape index (κ2) is 9.36. The van der Waals surface area contributed by atoms with Gasteiger partial charge in [-0.1, -0.05) is 29.3 Å². The first kappa shape index (κ1) is 19.9. The highest BCUT2D eigenvalue weighted by Crippen LogP contribution is 2.28. The molecule has 2 aromatic rings. The maximum atomic E-state index is 12.2. The molecule has 130 valence electrons. The van der Waals surface area contributed by atoms with Crippen LogP contribution in [0.4, 0.5) is 0 Å². The van der Waals surface area contributed by atoms with Crippen molar-refractivity contribution in [2.75, 3.05) is 18.6 Å². The van der Waals surface area contributed by atoms with E-state index in [-0.39, 0.29) is 4.90 Å². The lowest BCUT2D eigenvalue weighted by atomic mass is 10.2. The van der Waals surface area contributed by atoms with Crippen molar-refractivity contribution in [3.05, 3.63) is 58.1 Å². The monoisotopic (exact) mass is 421 g/mol. The van der Waals surface area contributed by atoms with E-state index in [1.165, 1.54) is 0 Å². The van der Waals surface area contributed by atoms with Crippen LogP contribution in [0.25, 0.3) is 0 Å². The molecular formula is C16H17Cl2NO2S3. The van der Waals surface area contributed by atoms with Gasteiger partial charge < -0.3 is 0 Å². The molecule has 0 fully saturated rings. The molecule has 2 rings (SSSR count). The summed E-state index contributed by atoms with van der Waals surface area (Å²) in [5.41, 5.74) is 0.876. The third-order valence-electron chi connectivity index (χ3n) is 3.22. The normalized spacial score (nSPS) is 11.6. The number of sulfonamides is 1. The number of halogens is 2. The first-order valence-electron chi connectivity index (χ1n) is 7.08. The van der Waals surface area contributed by atoms with Crippen molar-refractivity contribution in [2.24, 2.45) is 0 Å². The van der Waals surface area contributed by atoms with Gasteiger partial charge in [-0.25, -0.2) is 13.1 Å². The molecule has 0 unspecified atom stereocenters. The summed E-state index contributed by atoms with van der Waals surface area (Å²) in [4.78, 5) is 1.31. The standard InChI is InChI=1S/C16H17Cl2NO2S3/c1-22-12-5-7-13(8-6-12)24(20,21)19-9-10-23-11-14-15(17)3-2-4-16(14)18/h2-8,19H,9-11H2,1H3. The molecule has 0 heterocycles. The van der Waals surface area contributed by atoms with E-state index in [2.05, 4.69) is 4.72 Å². The highest BCUT2D eigenvalue weighted by atomic mass is 35.5. The summed E-state index contributed by atoms with van der Waals surface area (Å²) in [7, 11) is -3.47. The summed E-state index contributed by atoms with van der Waals surface area (Å²) < 4.78 is 27.0. The van der Waals surface area contributed by atoms with Crippen molar-refractivity contribution in [1.29, 1.82) is 0 Å². The Morgan fingerprint density at radius 3 is 2.25 bits per heavy atom. The number of hydrogen-bond donors (Lipinski definition) is 1. The van der Waals surface area contributed by atoms with Crippen LogP contribution in [0.2, 0.25) is 10.0 Å². The number of benzene rings is 2. The molecule has 0 aliphatic carbocycles. The highest BCUT2D eigenvalue weighted by molar-refractivity contribution is 7.98. The molecular weight excluding hydrogens is 405 g/mol. The minimum atomic E-state index is -3.47. The second-order valence-corrected chi connectivity index (χ2v) is 9.39. The molecule has 0 saturated carbocycles. The second-order valence-electron chi connectivity index (χ2n) is 4.83. The Bertz CT molecular complexity index is 760. The summed E-state index contributed by atoms with van der Waals surface area (Å²) in [6.07, 6.45) is 1.95. The van der Waals surface area contributed by atoms with Gasteiger partial charge in [0, 0.05) is 33.0 Å². The van der Waals surface area contributed by atoms with E-state index < -0.39 is 10.0 Å². The molecule has 0 aliphatic heterocycles. The molecule has 0 aromatic heterocycles. The van der Waals surface area contributed by atoms with Gasteiger partial charge in [-0.15, -0.1) is 11.8 Å². The SMILES string of the molecule is CSc1ccc(S(=O)(=O)NCCSCc2c(Cl)cccc2Cl)cc1. The third kappa shape index (κ3) is 5.58. The van der Waals surface area contributed by atoms with Crippen LogP contribution in [-0.4, -0.2) is 27.0 Å². The molecule has 8 heteroatoms. The summed E-state index contributed by atoms with van der Waals surface area (Å²) >= 11 is 15.4.